The summed E-state index contributed by atoms with van der Waals surface area (Å²) in [5, 5.41) is 34.4. The number of nitrogens with two attached hydrogens (primary N) is 1. The second kappa shape index (κ2) is 13.4. The molecule has 4 N–H and O–H groups in total. The molecule has 1 fully saturated rings. The molecule has 0 spiro atoms. The minimum absolute atomic E-state index is 0.0941. The molecule has 2 atom stereocenters. The van der Waals surface area contributed by atoms with E-state index in [0.29, 0.717) is 17.8 Å². The first-order chi connectivity index (χ1) is 21.7. The van der Waals surface area contributed by atoms with Crippen LogP contribution in [0.3, 0.4) is 0 Å². The summed E-state index contributed by atoms with van der Waals surface area (Å²) in [4.78, 5) is 60.2. The Morgan fingerprint density at radius 2 is 2.09 bits per heavy atom. The number of thiazole rings is 1. The van der Waals surface area contributed by atoms with Gasteiger partial charge >= 0.3 is 0 Å². The molecule has 45 heavy (non-hydrogen) atoms. The maximum Gasteiger partial charge on any atom is 0.284 e. The number of carbonyl (C=O) groups excluding carboxylic acids is 4. The Balaban J connectivity index is 1.24. The molecule has 3 aromatic heterocycles. The number of pyridine rings is 1. The predicted molar refractivity (Wildman–Crippen MR) is 158 cm³/mol. The number of rotatable bonds is 11. The number of carboxylic acids is 1. The lowest BCUT2D eigenvalue weighted by atomic mass is 10.0. The molecule has 0 aromatic carbocycles. The van der Waals surface area contributed by atoms with Gasteiger partial charge in [0.25, 0.3) is 17.7 Å². The van der Waals surface area contributed by atoms with Gasteiger partial charge in [0.1, 0.15) is 23.7 Å². The number of nitrogens with zero attached hydrogens (tertiary/aromatic N) is 7. The number of amides is 3. The Kier molecular flexibility index (Phi) is 9.20. The molecule has 1 saturated heterocycles. The number of fused-ring (bicyclic) bond motifs is 1. The van der Waals surface area contributed by atoms with E-state index in [2.05, 4.69) is 20.6 Å². The van der Waals surface area contributed by atoms with Gasteiger partial charge in [-0.05, 0) is 24.6 Å². The van der Waals surface area contributed by atoms with E-state index in [1.54, 1.807) is 56.0 Å². The smallest absolute Gasteiger partial charge is 0.284 e. The molecule has 230 valence electrons. The number of carbonyl (C=O) groups is 4. The van der Waals surface area contributed by atoms with Gasteiger partial charge < -0.3 is 25.8 Å². The Labute approximate surface area is 263 Å². The second-order valence-corrected chi connectivity index (χ2v) is 11.3. The van der Waals surface area contributed by atoms with Crippen LogP contribution in [-0.2, 0) is 25.8 Å². The fourth-order valence-corrected chi connectivity index (χ4v) is 6.31. The largest absolute Gasteiger partial charge is 0.543 e. The molecule has 0 radical (unpaired) electrons. The number of nitriles is 1. The average molecular weight is 649 g/mol. The molecule has 2 aliphatic rings. The summed E-state index contributed by atoms with van der Waals surface area (Å²) >= 11 is 2.41. The van der Waals surface area contributed by atoms with Crippen molar-refractivity contribution >= 4 is 57.6 Å². The molecular formula is C27H24N10O6S2. The van der Waals surface area contributed by atoms with Crippen LogP contribution < -0.4 is 26.0 Å². The number of carboxylic acid groups (broad SMARTS) is 1. The Morgan fingerprint density at radius 3 is 2.76 bits per heavy atom. The number of nitrogens with one attached hydrogen (secondary N) is 2. The van der Waals surface area contributed by atoms with Crippen LogP contribution in [0.15, 0.2) is 70.7 Å². The van der Waals surface area contributed by atoms with E-state index >= 15 is 0 Å². The first kappa shape index (κ1) is 30.9. The molecule has 18 heteroatoms. The lowest BCUT2D eigenvalue weighted by molar-refractivity contribution is -0.687. The van der Waals surface area contributed by atoms with Crippen molar-refractivity contribution < 1.29 is 33.7 Å². The summed E-state index contributed by atoms with van der Waals surface area (Å²) in [6.45, 7) is 2.27. The zero-order valence-electron chi connectivity index (χ0n) is 23.4. The van der Waals surface area contributed by atoms with Gasteiger partial charge in [0.2, 0.25) is 0 Å². The summed E-state index contributed by atoms with van der Waals surface area (Å²) < 4.78 is 3.31. The highest BCUT2D eigenvalue weighted by Gasteiger charge is 2.53. The monoisotopic (exact) mass is 648 g/mol. The quantitative estimate of drug-likeness (QED) is 0.0560. The predicted octanol–water partition coefficient (Wildman–Crippen LogP) is -1.19. The summed E-state index contributed by atoms with van der Waals surface area (Å²) in [5.41, 5.74) is 6.63. The third-order valence-corrected chi connectivity index (χ3v) is 8.48. The normalized spacial score (nSPS) is 17.8. The molecule has 0 unspecified atom stereocenters. The number of allylic oxidation sites excluding steroid dienone is 2. The van der Waals surface area contributed by atoms with Gasteiger partial charge in [-0.3, -0.25) is 24.6 Å². The van der Waals surface area contributed by atoms with Crippen molar-refractivity contribution in [1.82, 2.24) is 30.3 Å². The van der Waals surface area contributed by atoms with E-state index in [1.807, 2.05) is 9.88 Å². The number of aromatic nitrogens is 4. The summed E-state index contributed by atoms with van der Waals surface area (Å²) in [7, 11) is 0. The topological polar surface area (TPSA) is 225 Å². The zero-order chi connectivity index (χ0) is 32.1. The Bertz CT molecular complexity index is 1790. The highest BCUT2D eigenvalue weighted by atomic mass is 32.2. The summed E-state index contributed by atoms with van der Waals surface area (Å²) in [6, 6.07) is 4.02. The molecule has 0 bridgehead atoms. The lowest BCUT2D eigenvalue weighted by Gasteiger charge is -2.50. The number of oxime groups is 1. The van der Waals surface area contributed by atoms with Gasteiger partial charge in [0.15, 0.2) is 41.7 Å². The van der Waals surface area contributed by atoms with Gasteiger partial charge in [-0.2, -0.15) is 10.4 Å². The third-order valence-electron chi connectivity index (χ3n) is 6.51. The Morgan fingerprint density at radius 1 is 1.31 bits per heavy atom. The van der Waals surface area contributed by atoms with Gasteiger partial charge in [-0.1, -0.05) is 11.2 Å². The maximum absolute atomic E-state index is 13.1. The first-order valence-electron chi connectivity index (χ1n) is 13.2. The van der Waals surface area contributed by atoms with Crippen LogP contribution in [-0.4, -0.2) is 72.8 Å². The molecule has 0 saturated carbocycles. The van der Waals surface area contributed by atoms with Crippen molar-refractivity contribution in [2.24, 2.45) is 5.16 Å². The van der Waals surface area contributed by atoms with E-state index in [1.165, 1.54) is 27.9 Å². The summed E-state index contributed by atoms with van der Waals surface area (Å²) in [6.07, 6.45) is 10.1. The van der Waals surface area contributed by atoms with Gasteiger partial charge in [0.05, 0.1) is 17.4 Å². The van der Waals surface area contributed by atoms with Gasteiger partial charge in [0, 0.05) is 29.5 Å². The molecule has 16 nitrogen and oxygen atoms in total. The maximum atomic E-state index is 13.1. The molecule has 3 amide bonds. The van der Waals surface area contributed by atoms with Crippen molar-refractivity contribution in [3.63, 3.8) is 0 Å². The van der Waals surface area contributed by atoms with Gasteiger partial charge in [-0.15, -0.1) is 23.1 Å². The summed E-state index contributed by atoms with van der Waals surface area (Å²) in [5.74, 6) is -3.17. The van der Waals surface area contributed by atoms with E-state index in [9.17, 15) is 24.3 Å². The number of anilines is 1. The molecule has 2 aliphatic heterocycles. The first-order valence-corrected chi connectivity index (χ1v) is 15.2. The number of aliphatic carboxylic acids is 1. The van der Waals surface area contributed by atoms with Crippen LogP contribution in [0.25, 0.3) is 5.69 Å². The standard InChI is InChI=1S/C27H24N10O6S2/c1-2-43-34-19(18-13-45-27(29)31-18)23(39)32-20-24(40)37-21(26(41)42)15(12-44-25(20)37)4-3-8-35-9-5-16(6-10-35)36-11-7-17(33-36)22(38)30-14-28/h3-7,9-11,13,20,25H,2,8,12H2,1H3,(H4-,29,30,31,32,38,39,41,42)/b4-3+,34-19-/t20-,25-/m1/s1. The number of β-lactam (4-membered cyclic amide) rings is 1. The van der Waals surface area contributed by atoms with Crippen molar-refractivity contribution in [3.05, 3.63) is 77.0 Å². The van der Waals surface area contributed by atoms with Crippen molar-refractivity contribution in [2.75, 3.05) is 18.1 Å². The Hall–Kier alpha value is -5.54. The fraction of sp³-hybridized carbons (Fsp3) is 0.222. The molecule has 0 aliphatic carbocycles. The van der Waals surface area contributed by atoms with Gasteiger partial charge in [-0.25, -0.2) is 14.2 Å². The van der Waals surface area contributed by atoms with E-state index in [4.69, 9.17) is 15.8 Å². The lowest BCUT2D eigenvalue weighted by Crippen LogP contribution is -2.71. The van der Waals surface area contributed by atoms with Crippen LogP contribution in [0.1, 0.15) is 23.1 Å². The van der Waals surface area contributed by atoms with Crippen LogP contribution in [0.4, 0.5) is 5.13 Å². The van der Waals surface area contributed by atoms with Crippen LogP contribution in [0, 0.1) is 11.5 Å². The number of hydrogen-bond donors (Lipinski definition) is 3. The van der Waals surface area contributed by atoms with Crippen LogP contribution in [0.5, 0.6) is 0 Å². The molecule has 5 rings (SSSR count). The SMILES string of the molecule is CCO/N=C(\C(=O)N[C@@H]1C(=O)N2C(C(=O)[O-])=C(/C=C/C[n+]3ccc(-n4ccc(C(=O)NC#N)n4)cc3)CS[C@H]12)c1csc(N)n1. The molecule has 5 heterocycles. The van der Waals surface area contributed by atoms with Crippen LogP contribution in [0.2, 0.25) is 0 Å². The van der Waals surface area contributed by atoms with Crippen molar-refractivity contribution in [1.29, 1.82) is 5.26 Å². The highest BCUT2D eigenvalue weighted by Crippen LogP contribution is 2.40. The van der Waals surface area contributed by atoms with Crippen LogP contribution >= 0.6 is 23.1 Å². The van der Waals surface area contributed by atoms with Crippen molar-refractivity contribution in [3.8, 4) is 11.9 Å². The minimum Gasteiger partial charge on any atom is -0.543 e. The van der Waals surface area contributed by atoms with Crippen molar-refractivity contribution in [2.45, 2.75) is 24.9 Å². The highest BCUT2D eigenvalue weighted by molar-refractivity contribution is 8.00. The number of hydrogen-bond acceptors (Lipinski definition) is 13. The average Bonchev–Trinajstić information content (AvgIpc) is 3.70. The molecular weight excluding hydrogens is 624 g/mol. The van der Waals surface area contributed by atoms with E-state index in [0.717, 1.165) is 16.2 Å². The van der Waals surface area contributed by atoms with E-state index in [-0.39, 0.29) is 40.3 Å². The van der Waals surface area contributed by atoms with E-state index < -0.39 is 35.1 Å². The third kappa shape index (κ3) is 6.53. The fourth-order valence-electron chi connectivity index (χ4n) is 4.44. The number of nitrogen functional groups attached to an aromatic ring is 1. The zero-order valence-corrected chi connectivity index (χ0v) is 25.1. The molecule has 3 aromatic rings. The second-order valence-electron chi connectivity index (χ2n) is 9.32. The number of thioether (sulfide) groups is 1. The minimum atomic E-state index is -1.51.